The molecule has 0 aromatic carbocycles. The molecule has 2 aromatic rings. The largest absolute Gasteiger partial charge is 0.285 e. The maximum Gasteiger partial charge on any atom is 0.225 e. The number of rotatable bonds is 1. The van der Waals surface area contributed by atoms with Crippen molar-refractivity contribution in [2.75, 3.05) is 7.11 Å². The highest BCUT2D eigenvalue weighted by Crippen LogP contribution is 1.96. The summed E-state index contributed by atoms with van der Waals surface area (Å²) < 4.78 is 2.77. The average Bonchev–Trinajstić information content (AvgIpc) is 2.39. The van der Waals surface area contributed by atoms with Gasteiger partial charge in [0.15, 0.2) is 0 Å². The molecule has 0 bridgehead atoms. The third-order valence-electron chi connectivity index (χ3n) is 2.46. The number of nitrogens with zero attached hydrogens (tertiary/aromatic N) is 2. The molecule has 4 heteroatoms. The Balaban J connectivity index is 0.000000342. The SMILES string of the molecule is CC.CO[n+]1cc(C)cc(C)c1.Cc1cc(C)c[n+](O)c1. The van der Waals surface area contributed by atoms with E-state index < -0.39 is 0 Å². The van der Waals surface area contributed by atoms with Crippen LogP contribution in [0.3, 0.4) is 0 Å². The van der Waals surface area contributed by atoms with Crippen molar-refractivity contribution in [3.8, 4) is 0 Å². The second-order valence-corrected chi connectivity index (χ2v) is 4.70. The highest BCUT2D eigenvalue weighted by atomic mass is 16.6. The van der Waals surface area contributed by atoms with E-state index in [9.17, 15) is 0 Å². The van der Waals surface area contributed by atoms with Crippen LogP contribution >= 0.6 is 0 Å². The summed E-state index contributed by atoms with van der Waals surface area (Å²) in [5, 5.41) is 8.91. The molecule has 0 unspecified atom stereocenters. The molecule has 21 heavy (non-hydrogen) atoms. The van der Waals surface area contributed by atoms with E-state index in [4.69, 9.17) is 10.0 Å². The fraction of sp³-hybridized carbons (Fsp3) is 0.412. The molecule has 0 radical (unpaired) electrons. The van der Waals surface area contributed by atoms with Crippen LogP contribution in [-0.4, -0.2) is 12.3 Å². The first-order valence-corrected chi connectivity index (χ1v) is 7.13. The molecule has 0 amide bonds. The smallest absolute Gasteiger partial charge is 0.225 e. The minimum atomic E-state index is 1.07. The zero-order valence-corrected chi connectivity index (χ0v) is 14.2. The number of aromatic nitrogens is 2. The molecule has 0 saturated heterocycles. The summed E-state index contributed by atoms with van der Waals surface area (Å²) in [6.07, 6.45) is 7.19. The Kier molecular flexibility index (Phi) is 8.77. The summed E-state index contributed by atoms with van der Waals surface area (Å²) in [6, 6.07) is 4.11. The summed E-state index contributed by atoms with van der Waals surface area (Å²) in [5.74, 6) is 0. The van der Waals surface area contributed by atoms with Gasteiger partial charge in [-0.15, -0.1) is 0 Å². The molecule has 2 rings (SSSR count). The first-order valence-electron chi connectivity index (χ1n) is 7.13. The van der Waals surface area contributed by atoms with Crippen LogP contribution in [0, 0.1) is 27.7 Å². The van der Waals surface area contributed by atoms with E-state index >= 15 is 0 Å². The summed E-state index contributed by atoms with van der Waals surface area (Å²) in [5.41, 5.74) is 4.55. The normalized spacial score (nSPS) is 8.90. The number of hydrogen-bond acceptors (Lipinski definition) is 2. The Labute approximate surface area is 128 Å². The van der Waals surface area contributed by atoms with E-state index in [1.165, 1.54) is 11.1 Å². The molecule has 0 aliphatic rings. The first kappa shape index (κ1) is 18.9. The Morgan fingerprint density at radius 3 is 1.38 bits per heavy atom. The second-order valence-electron chi connectivity index (χ2n) is 4.70. The summed E-state index contributed by atoms with van der Waals surface area (Å²) in [7, 11) is 1.65. The van der Waals surface area contributed by atoms with Crippen LogP contribution in [0.4, 0.5) is 0 Å². The van der Waals surface area contributed by atoms with E-state index in [0.717, 1.165) is 15.9 Å². The van der Waals surface area contributed by atoms with Crippen molar-refractivity contribution >= 4 is 0 Å². The lowest BCUT2D eigenvalue weighted by molar-refractivity contribution is -0.905. The topological polar surface area (TPSA) is 37.2 Å². The van der Waals surface area contributed by atoms with Crippen LogP contribution in [0.15, 0.2) is 36.9 Å². The zero-order chi connectivity index (χ0) is 16.4. The molecule has 0 fully saturated rings. The molecule has 116 valence electrons. The summed E-state index contributed by atoms with van der Waals surface area (Å²) in [4.78, 5) is 4.99. The third-order valence-corrected chi connectivity index (χ3v) is 2.46. The number of hydrogen-bond donors (Lipinski definition) is 1. The lowest BCUT2D eigenvalue weighted by atomic mass is 10.2. The van der Waals surface area contributed by atoms with Crippen molar-refractivity contribution in [1.82, 2.24) is 0 Å². The van der Waals surface area contributed by atoms with Gasteiger partial charge in [0.25, 0.3) is 0 Å². The molecular weight excluding hydrogens is 264 g/mol. The maximum atomic E-state index is 8.91. The summed E-state index contributed by atoms with van der Waals surface area (Å²) >= 11 is 0. The highest BCUT2D eigenvalue weighted by Gasteiger charge is 2.00. The van der Waals surface area contributed by atoms with E-state index in [1.807, 2.05) is 60.0 Å². The highest BCUT2D eigenvalue weighted by molar-refractivity contribution is 5.11. The van der Waals surface area contributed by atoms with Crippen LogP contribution in [0.5, 0.6) is 0 Å². The van der Waals surface area contributed by atoms with Crippen LogP contribution in [0.1, 0.15) is 36.1 Å². The van der Waals surface area contributed by atoms with Crippen molar-refractivity contribution in [2.45, 2.75) is 41.5 Å². The molecule has 0 atom stereocenters. The molecular formula is C17H28N2O2+2. The first-order chi connectivity index (χ1) is 9.90. The second kappa shape index (κ2) is 9.75. The van der Waals surface area contributed by atoms with E-state index in [2.05, 4.69) is 6.07 Å². The van der Waals surface area contributed by atoms with Crippen molar-refractivity contribution in [3.05, 3.63) is 59.2 Å². The molecule has 0 aliphatic carbocycles. The average molecular weight is 292 g/mol. The van der Waals surface area contributed by atoms with Gasteiger partial charge in [-0.1, -0.05) is 13.8 Å². The monoisotopic (exact) mass is 292 g/mol. The molecule has 1 N–H and O–H groups in total. The van der Waals surface area contributed by atoms with Crippen LogP contribution in [-0.2, 0) is 0 Å². The van der Waals surface area contributed by atoms with Gasteiger partial charge < -0.3 is 0 Å². The van der Waals surface area contributed by atoms with Gasteiger partial charge in [-0.25, -0.2) is 0 Å². The van der Waals surface area contributed by atoms with Crippen LogP contribution < -0.4 is 14.3 Å². The summed E-state index contributed by atoms with van der Waals surface area (Å²) in [6.45, 7) is 12.0. The quantitative estimate of drug-likeness (QED) is 0.648. The van der Waals surface area contributed by atoms with E-state index in [-0.39, 0.29) is 0 Å². The van der Waals surface area contributed by atoms with Crippen molar-refractivity contribution in [1.29, 1.82) is 0 Å². The zero-order valence-electron chi connectivity index (χ0n) is 14.2. The van der Waals surface area contributed by atoms with Gasteiger partial charge in [0.2, 0.25) is 24.8 Å². The van der Waals surface area contributed by atoms with Crippen LogP contribution in [0.25, 0.3) is 0 Å². The molecule has 2 heterocycles. The maximum absolute atomic E-state index is 8.91. The third kappa shape index (κ3) is 7.92. The lowest BCUT2D eigenvalue weighted by Crippen LogP contribution is -2.40. The minimum absolute atomic E-state index is 1.07. The Hall–Kier alpha value is -2.10. The van der Waals surface area contributed by atoms with Crippen molar-refractivity contribution < 1.29 is 19.5 Å². The van der Waals surface area contributed by atoms with Gasteiger partial charge in [-0.2, -0.15) is 0 Å². The van der Waals surface area contributed by atoms with Gasteiger partial charge in [0.05, 0.1) is 0 Å². The minimum Gasteiger partial charge on any atom is -0.285 e. The number of pyridine rings is 2. The Morgan fingerprint density at radius 1 is 0.762 bits per heavy atom. The van der Waals surface area contributed by atoms with Crippen molar-refractivity contribution in [2.24, 2.45) is 0 Å². The predicted molar refractivity (Wildman–Crippen MR) is 83.3 cm³/mol. The molecule has 0 saturated carbocycles. The molecule has 2 aromatic heterocycles. The molecule has 0 spiro atoms. The van der Waals surface area contributed by atoms with Gasteiger partial charge in [0, 0.05) is 31.7 Å². The van der Waals surface area contributed by atoms with E-state index in [1.54, 1.807) is 24.2 Å². The number of aryl methyl sites for hydroxylation is 4. The Morgan fingerprint density at radius 2 is 1.10 bits per heavy atom. The predicted octanol–water partition coefficient (Wildman–Crippen LogP) is 2.50. The van der Waals surface area contributed by atoms with Gasteiger partial charge >= 0.3 is 0 Å². The lowest BCUT2D eigenvalue weighted by Gasteiger charge is -1.93. The molecule has 0 aliphatic heterocycles. The fourth-order valence-electron chi connectivity index (χ4n) is 1.87. The van der Waals surface area contributed by atoms with Gasteiger partial charge in [0.1, 0.15) is 7.11 Å². The molecule has 4 nitrogen and oxygen atoms in total. The van der Waals surface area contributed by atoms with Gasteiger partial charge in [-0.3, -0.25) is 10.0 Å². The Bertz CT molecular complexity index is 484. The fourth-order valence-corrected chi connectivity index (χ4v) is 1.87. The van der Waals surface area contributed by atoms with Crippen LogP contribution in [0.2, 0.25) is 0 Å². The van der Waals surface area contributed by atoms with Gasteiger partial charge in [-0.05, 0) is 39.8 Å². The van der Waals surface area contributed by atoms with E-state index in [0.29, 0.717) is 0 Å². The van der Waals surface area contributed by atoms with Crippen molar-refractivity contribution in [3.63, 3.8) is 0 Å². The standard InChI is InChI=1S/C8H12NO.C7H10NO.C2H6/c1-7-4-8(2)6-9(5-7)10-3;1-6-3-7(2)5-8(9)4-6;1-2/h4-6H,1-3H3;3-5,9H,1-2H3;1-2H3/q2*+1;.